The third kappa shape index (κ3) is 2.31. The topological polar surface area (TPSA) is 64.3 Å². The first-order valence-corrected chi connectivity index (χ1v) is 9.41. The van der Waals surface area contributed by atoms with E-state index in [-0.39, 0.29) is 0 Å². The van der Waals surface area contributed by atoms with Crippen molar-refractivity contribution in [2.45, 2.75) is 13.8 Å². The molecule has 0 aliphatic carbocycles. The Hall–Kier alpha value is -3.12. The quantitative estimate of drug-likeness (QED) is 0.471. The number of fused-ring (bicyclic) bond motifs is 2. The molecule has 0 fully saturated rings. The number of benzene rings is 2. The van der Waals surface area contributed by atoms with Gasteiger partial charge >= 0.3 is 0 Å². The molecule has 0 amide bonds. The summed E-state index contributed by atoms with van der Waals surface area (Å²) < 4.78 is 3.78. The van der Waals surface area contributed by atoms with Crippen LogP contribution in [0.3, 0.4) is 0 Å². The Morgan fingerprint density at radius 1 is 1.00 bits per heavy atom. The van der Waals surface area contributed by atoms with E-state index in [0.29, 0.717) is 0 Å². The summed E-state index contributed by atoms with van der Waals surface area (Å²) in [6, 6.07) is 8.33. The minimum Gasteiger partial charge on any atom is -0.278 e. The predicted octanol–water partition coefficient (Wildman–Crippen LogP) is 4.79. The zero-order valence-electron chi connectivity index (χ0n) is 16.1. The number of hydrogen-bond acceptors (Lipinski definition) is 3. The zero-order valence-corrected chi connectivity index (χ0v) is 16.8. The van der Waals surface area contributed by atoms with Crippen LogP contribution >= 0.6 is 11.6 Å². The molecule has 0 aliphatic rings. The smallest absolute Gasteiger partial charge is 0.101 e. The highest BCUT2D eigenvalue weighted by Crippen LogP contribution is 2.43. The van der Waals surface area contributed by atoms with Crippen LogP contribution in [0.1, 0.15) is 11.3 Å². The Morgan fingerprint density at radius 3 is 2.64 bits per heavy atom. The van der Waals surface area contributed by atoms with Gasteiger partial charge in [-0.25, -0.2) is 0 Å². The molecule has 6 nitrogen and oxygen atoms in total. The van der Waals surface area contributed by atoms with Gasteiger partial charge in [-0.05, 0) is 31.5 Å². The summed E-state index contributed by atoms with van der Waals surface area (Å²) in [4.78, 5) is 0. The zero-order chi connectivity index (χ0) is 19.6. The summed E-state index contributed by atoms with van der Waals surface area (Å²) >= 11 is 6.81. The fourth-order valence-electron chi connectivity index (χ4n) is 3.85. The molecule has 0 atom stereocenters. The Kier molecular flexibility index (Phi) is 3.61. The standard InChI is InChI=1S/C21H19ClN6/c1-11-7-16-15(10-23-25-16)19(20(11)22)18-12(2)27(3)26-21(18)13-5-6-14-9-24-28(4)17(14)8-13/h5-10H,1-4H3,(H,23,25). The lowest BCUT2D eigenvalue weighted by molar-refractivity contribution is 0.743. The van der Waals surface area contributed by atoms with Gasteiger partial charge in [0.2, 0.25) is 0 Å². The molecular weight excluding hydrogens is 372 g/mol. The molecule has 0 bridgehead atoms. The Morgan fingerprint density at radius 2 is 1.82 bits per heavy atom. The third-order valence-corrected chi connectivity index (χ3v) is 5.96. The highest BCUT2D eigenvalue weighted by molar-refractivity contribution is 6.36. The highest BCUT2D eigenvalue weighted by atomic mass is 35.5. The van der Waals surface area contributed by atoms with Crippen LogP contribution in [0.25, 0.3) is 44.2 Å². The van der Waals surface area contributed by atoms with Gasteiger partial charge in [0.1, 0.15) is 5.69 Å². The molecular formula is C21H19ClN6. The maximum absolute atomic E-state index is 6.81. The van der Waals surface area contributed by atoms with Crippen LogP contribution in [0.5, 0.6) is 0 Å². The van der Waals surface area contributed by atoms with E-state index in [0.717, 1.165) is 60.5 Å². The normalized spacial score (nSPS) is 11.8. The molecule has 140 valence electrons. The van der Waals surface area contributed by atoms with Gasteiger partial charge in [-0.3, -0.25) is 14.5 Å². The van der Waals surface area contributed by atoms with E-state index in [1.165, 1.54) is 0 Å². The Balaban J connectivity index is 1.86. The molecule has 0 spiro atoms. The number of halogens is 1. The molecule has 5 rings (SSSR count). The number of nitrogens with zero attached hydrogens (tertiary/aromatic N) is 5. The molecule has 3 heterocycles. The van der Waals surface area contributed by atoms with Crippen molar-refractivity contribution in [3.8, 4) is 22.4 Å². The van der Waals surface area contributed by atoms with Crippen LogP contribution in [0.2, 0.25) is 5.02 Å². The van der Waals surface area contributed by atoms with E-state index in [1.807, 2.05) is 48.8 Å². The van der Waals surface area contributed by atoms with Crippen molar-refractivity contribution in [2.75, 3.05) is 0 Å². The SMILES string of the molecule is Cc1cc2[nH]ncc2c(-c2c(-c3ccc4cnn(C)c4c3)nn(C)c2C)c1Cl. The van der Waals surface area contributed by atoms with Crippen molar-refractivity contribution in [3.05, 3.63) is 52.9 Å². The van der Waals surface area contributed by atoms with Gasteiger partial charge in [-0.2, -0.15) is 15.3 Å². The number of hydrogen-bond donors (Lipinski definition) is 1. The number of H-pyrrole nitrogens is 1. The van der Waals surface area contributed by atoms with E-state index in [4.69, 9.17) is 16.7 Å². The van der Waals surface area contributed by atoms with Crippen LogP contribution in [0.4, 0.5) is 0 Å². The van der Waals surface area contributed by atoms with E-state index >= 15 is 0 Å². The van der Waals surface area contributed by atoms with Gasteiger partial charge in [0.05, 0.1) is 28.4 Å². The van der Waals surface area contributed by atoms with E-state index in [9.17, 15) is 0 Å². The monoisotopic (exact) mass is 390 g/mol. The van der Waals surface area contributed by atoms with Crippen molar-refractivity contribution in [1.29, 1.82) is 0 Å². The van der Waals surface area contributed by atoms with Crippen LogP contribution in [0, 0.1) is 13.8 Å². The van der Waals surface area contributed by atoms with Gasteiger partial charge in [-0.15, -0.1) is 0 Å². The second-order valence-electron chi connectivity index (χ2n) is 7.19. The van der Waals surface area contributed by atoms with Gasteiger partial charge in [0.25, 0.3) is 0 Å². The molecule has 1 N–H and O–H groups in total. The van der Waals surface area contributed by atoms with E-state index in [1.54, 1.807) is 0 Å². The van der Waals surface area contributed by atoms with Crippen LogP contribution in [0.15, 0.2) is 36.7 Å². The first kappa shape index (κ1) is 17.0. The van der Waals surface area contributed by atoms with E-state index in [2.05, 4.69) is 40.4 Å². The molecule has 0 unspecified atom stereocenters. The van der Waals surface area contributed by atoms with Crippen molar-refractivity contribution in [3.63, 3.8) is 0 Å². The fraction of sp³-hybridized carbons (Fsp3) is 0.190. The molecule has 0 aliphatic heterocycles. The number of aromatic nitrogens is 6. The van der Waals surface area contributed by atoms with Gasteiger partial charge in [0.15, 0.2) is 0 Å². The molecule has 0 radical (unpaired) electrons. The fourth-order valence-corrected chi connectivity index (χ4v) is 4.10. The summed E-state index contributed by atoms with van der Waals surface area (Å²) in [6.07, 6.45) is 3.70. The Bertz CT molecular complexity index is 1370. The van der Waals surface area contributed by atoms with Crippen molar-refractivity contribution >= 4 is 33.4 Å². The second kappa shape index (κ2) is 5.94. The van der Waals surface area contributed by atoms with Gasteiger partial charge < -0.3 is 0 Å². The highest BCUT2D eigenvalue weighted by Gasteiger charge is 2.23. The van der Waals surface area contributed by atoms with Crippen LogP contribution in [-0.4, -0.2) is 29.8 Å². The largest absolute Gasteiger partial charge is 0.278 e. The molecule has 0 saturated heterocycles. The lowest BCUT2D eigenvalue weighted by atomic mass is 9.94. The summed E-state index contributed by atoms with van der Waals surface area (Å²) in [7, 11) is 3.91. The summed E-state index contributed by atoms with van der Waals surface area (Å²) in [5.41, 5.74) is 8.02. The molecule has 2 aromatic carbocycles. The number of rotatable bonds is 2. The van der Waals surface area contributed by atoms with Crippen molar-refractivity contribution in [1.82, 2.24) is 29.8 Å². The first-order chi connectivity index (χ1) is 13.5. The van der Waals surface area contributed by atoms with Crippen molar-refractivity contribution < 1.29 is 0 Å². The summed E-state index contributed by atoms with van der Waals surface area (Å²) in [6.45, 7) is 4.08. The number of aryl methyl sites for hydroxylation is 3. The van der Waals surface area contributed by atoms with Gasteiger partial charge in [-0.1, -0.05) is 23.7 Å². The molecule has 7 heteroatoms. The lowest BCUT2D eigenvalue weighted by Crippen LogP contribution is -1.93. The van der Waals surface area contributed by atoms with Crippen LogP contribution in [-0.2, 0) is 14.1 Å². The molecule has 0 saturated carbocycles. The lowest BCUT2D eigenvalue weighted by Gasteiger charge is -2.11. The number of aromatic amines is 1. The minimum absolute atomic E-state index is 0.730. The average Bonchev–Trinajstić information content (AvgIpc) is 3.36. The maximum Gasteiger partial charge on any atom is 0.101 e. The Labute approximate surface area is 166 Å². The van der Waals surface area contributed by atoms with Gasteiger partial charge in [0, 0.05) is 47.3 Å². The maximum atomic E-state index is 6.81. The summed E-state index contributed by atoms with van der Waals surface area (Å²) in [5, 5.41) is 19.3. The average molecular weight is 391 g/mol. The second-order valence-corrected chi connectivity index (χ2v) is 7.57. The summed E-state index contributed by atoms with van der Waals surface area (Å²) in [5.74, 6) is 0. The molecule has 5 aromatic rings. The third-order valence-electron chi connectivity index (χ3n) is 5.47. The molecule has 28 heavy (non-hydrogen) atoms. The molecule has 3 aromatic heterocycles. The van der Waals surface area contributed by atoms with Crippen LogP contribution < -0.4 is 0 Å². The number of nitrogens with one attached hydrogen (secondary N) is 1. The predicted molar refractivity (Wildman–Crippen MR) is 112 cm³/mol. The minimum atomic E-state index is 0.730. The van der Waals surface area contributed by atoms with E-state index < -0.39 is 0 Å². The van der Waals surface area contributed by atoms with Crippen molar-refractivity contribution in [2.24, 2.45) is 14.1 Å². The first-order valence-electron chi connectivity index (χ1n) is 9.04.